The zero-order valence-corrected chi connectivity index (χ0v) is 10.8. The average Bonchev–Trinajstić information content (AvgIpc) is 2.91. The molecule has 1 atom stereocenters. The van der Waals surface area contributed by atoms with Crippen molar-refractivity contribution in [1.29, 1.82) is 0 Å². The van der Waals surface area contributed by atoms with Crippen LogP contribution in [0.3, 0.4) is 0 Å². The van der Waals surface area contributed by atoms with Gasteiger partial charge in [0.25, 0.3) is 0 Å². The van der Waals surface area contributed by atoms with Gasteiger partial charge in [-0.25, -0.2) is 14.0 Å². The number of amides is 2. The number of H-pyrrole nitrogens is 1. The molecule has 110 valence electrons. The number of carbonyl (C=O) groups excluding carboxylic acids is 1. The van der Waals surface area contributed by atoms with Gasteiger partial charge in [0, 0.05) is 5.69 Å². The van der Waals surface area contributed by atoms with E-state index in [2.05, 4.69) is 31.3 Å². The van der Waals surface area contributed by atoms with Crippen molar-refractivity contribution in [2.24, 2.45) is 0 Å². The van der Waals surface area contributed by atoms with Crippen molar-refractivity contribution >= 4 is 17.7 Å². The van der Waals surface area contributed by atoms with Crippen LogP contribution in [0.2, 0.25) is 0 Å². The largest absolute Gasteiger partial charge is 0.478 e. The van der Waals surface area contributed by atoms with Crippen molar-refractivity contribution in [2.45, 2.75) is 13.0 Å². The molecular weight excluding hydrogens is 283 g/mol. The highest BCUT2D eigenvalue weighted by atomic mass is 19.1. The molecule has 0 saturated carbocycles. The first-order chi connectivity index (χ1) is 9.97. The lowest BCUT2D eigenvalue weighted by molar-refractivity contribution is 0.0692. The maximum atomic E-state index is 13.5. The highest BCUT2D eigenvalue weighted by molar-refractivity contribution is 5.91. The Morgan fingerprint density at radius 1 is 1.43 bits per heavy atom. The lowest BCUT2D eigenvalue weighted by Crippen LogP contribution is -2.31. The van der Waals surface area contributed by atoms with Gasteiger partial charge in [0.05, 0.1) is 11.6 Å². The predicted molar refractivity (Wildman–Crippen MR) is 68.1 cm³/mol. The molecule has 0 spiro atoms. The topological polar surface area (TPSA) is 133 Å². The average molecular weight is 294 g/mol. The van der Waals surface area contributed by atoms with E-state index in [1.54, 1.807) is 6.92 Å². The van der Waals surface area contributed by atoms with Gasteiger partial charge in [0.15, 0.2) is 5.82 Å². The Labute approximate surface area is 117 Å². The van der Waals surface area contributed by atoms with Gasteiger partial charge >= 0.3 is 12.0 Å². The van der Waals surface area contributed by atoms with Crippen LogP contribution in [0, 0.1) is 5.82 Å². The summed E-state index contributed by atoms with van der Waals surface area (Å²) in [5.41, 5.74) is -0.351. The standard InChI is InChI=1S/C11H11FN6O3/c1-5(9-15-17-18-16-9)13-11(21)14-6-2-3-7(10(19)20)8(12)4-6/h2-5H,1H3,(H,19,20)(H2,13,14,21)(H,15,16,17,18). The molecule has 0 radical (unpaired) electrons. The van der Waals surface area contributed by atoms with Gasteiger partial charge in [-0.05, 0) is 25.1 Å². The van der Waals surface area contributed by atoms with E-state index in [1.165, 1.54) is 6.07 Å². The monoisotopic (exact) mass is 294 g/mol. The van der Waals surface area contributed by atoms with Crippen molar-refractivity contribution in [1.82, 2.24) is 25.9 Å². The molecule has 10 heteroatoms. The fourth-order valence-corrected chi connectivity index (χ4v) is 1.55. The van der Waals surface area contributed by atoms with Gasteiger partial charge in [0.2, 0.25) is 0 Å². The van der Waals surface area contributed by atoms with Gasteiger partial charge in [-0.2, -0.15) is 5.21 Å². The summed E-state index contributed by atoms with van der Waals surface area (Å²) in [4.78, 5) is 22.4. The number of nitrogens with one attached hydrogen (secondary N) is 3. The first-order valence-electron chi connectivity index (χ1n) is 5.81. The second-order valence-electron chi connectivity index (χ2n) is 4.09. The number of carboxylic acids is 1. The summed E-state index contributed by atoms with van der Waals surface area (Å²) in [5, 5.41) is 26.6. The van der Waals surface area contributed by atoms with E-state index >= 15 is 0 Å². The Bertz CT molecular complexity index is 660. The molecule has 21 heavy (non-hydrogen) atoms. The summed E-state index contributed by atoms with van der Waals surface area (Å²) in [6.45, 7) is 1.64. The Morgan fingerprint density at radius 2 is 2.19 bits per heavy atom. The molecule has 0 aliphatic rings. The lowest BCUT2D eigenvalue weighted by Gasteiger charge is -2.11. The van der Waals surface area contributed by atoms with Gasteiger partial charge in [-0.15, -0.1) is 10.2 Å². The Balaban J connectivity index is 2.00. The highest BCUT2D eigenvalue weighted by Gasteiger charge is 2.15. The predicted octanol–water partition coefficient (Wildman–Crippen LogP) is 0.920. The van der Waals surface area contributed by atoms with E-state index in [4.69, 9.17) is 5.11 Å². The molecule has 2 rings (SSSR count). The third kappa shape index (κ3) is 3.49. The van der Waals surface area contributed by atoms with E-state index in [1.807, 2.05) is 0 Å². The first kappa shape index (κ1) is 14.4. The molecule has 1 aromatic heterocycles. The summed E-state index contributed by atoms with van der Waals surface area (Å²) >= 11 is 0. The van der Waals surface area contributed by atoms with Crippen molar-refractivity contribution in [3.05, 3.63) is 35.4 Å². The van der Waals surface area contributed by atoms with Crippen LogP contribution >= 0.6 is 0 Å². The minimum Gasteiger partial charge on any atom is -0.478 e. The first-order valence-corrected chi connectivity index (χ1v) is 5.81. The second kappa shape index (κ2) is 5.94. The number of anilines is 1. The normalized spacial score (nSPS) is 11.7. The molecule has 0 aliphatic heterocycles. The number of hydrogen-bond donors (Lipinski definition) is 4. The van der Waals surface area contributed by atoms with Crippen LogP contribution in [0.15, 0.2) is 18.2 Å². The number of tetrazole rings is 1. The number of halogens is 1. The number of urea groups is 1. The Hall–Kier alpha value is -3.04. The van der Waals surface area contributed by atoms with Crippen LogP contribution in [-0.4, -0.2) is 37.7 Å². The van der Waals surface area contributed by atoms with Crippen molar-refractivity contribution in [3.8, 4) is 0 Å². The molecule has 1 aromatic carbocycles. The maximum absolute atomic E-state index is 13.5. The number of rotatable bonds is 4. The van der Waals surface area contributed by atoms with Gasteiger partial charge < -0.3 is 15.7 Å². The number of nitrogens with zero attached hydrogens (tertiary/aromatic N) is 3. The number of aromatic amines is 1. The van der Waals surface area contributed by atoms with Crippen LogP contribution in [-0.2, 0) is 0 Å². The summed E-state index contributed by atoms with van der Waals surface area (Å²) in [7, 11) is 0. The smallest absolute Gasteiger partial charge is 0.338 e. The molecular formula is C11H11FN6O3. The van der Waals surface area contributed by atoms with Crippen LogP contribution < -0.4 is 10.6 Å². The molecule has 1 heterocycles. The molecule has 0 saturated heterocycles. The molecule has 2 amide bonds. The third-order valence-corrected chi connectivity index (χ3v) is 2.55. The number of benzene rings is 1. The van der Waals surface area contributed by atoms with Crippen molar-refractivity contribution in [2.75, 3.05) is 5.32 Å². The zero-order valence-electron chi connectivity index (χ0n) is 10.8. The van der Waals surface area contributed by atoms with E-state index in [0.717, 1.165) is 12.1 Å². The van der Waals surface area contributed by atoms with E-state index in [9.17, 15) is 14.0 Å². The number of aromatic nitrogens is 4. The van der Waals surface area contributed by atoms with Crippen molar-refractivity contribution < 1.29 is 19.1 Å². The molecule has 9 nitrogen and oxygen atoms in total. The van der Waals surface area contributed by atoms with Crippen molar-refractivity contribution in [3.63, 3.8) is 0 Å². The fourth-order valence-electron chi connectivity index (χ4n) is 1.55. The third-order valence-electron chi connectivity index (χ3n) is 2.55. The maximum Gasteiger partial charge on any atom is 0.338 e. The Morgan fingerprint density at radius 3 is 2.76 bits per heavy atom. The second-order valence-corrected chi connectivity index (χ2v) is 4.09. The number of carbonyl (C=O) groups is 2. The molecule has 1 unspecified atom stereocenters. The van der Waals surface area contributed by atoms with Gasteiger partial charge in [0.1, 0.15) is 5.82 Å². The number of hydrogen-bond acceptors (Lipinski definition) is 5. The summed E-state index contributed by atoms with van der Waals surface area (Å²) in [5.74, 6) is -2.03. The minimum absolute atomic E-state index is 0.121. The van der Waals surface area contributed by atoms with Crippen LogP contribution in [0.1, 0.15) is 29.1 Å². The Kier molecular flexibility index (Phi) is 4.07. The molecule has 2 aromatic rings. The summed E-state index contributed by atoms with van der Waals surface area (Å²) < 4.78 is 13.5. The van der Waals surface area contributed by atoms with E-state index < -0.39 is 29.4 Å². The minimum atomic E-state index is -1.38. The van der Waals surface area contributed by atoms with Gasteiger partial charge in [-0.1, -0.05) is 5.21 Å². The summed E-state index contributed by atoms with van der Waals surface area (Å²) in [6, 6.07) is 2.14. The summed E-state index contributed by atoms with van der Waals surface area (Å²) in [6.07, 6.45) is 0. The van der Waals surface area contributed by atoms with Crippen LogP contribution in [0.5, 0.6) is 0 Å². The zero-order chi connectivity index (χ0) is 15.4. The van der Waals surface area contributed by atoms with Gasteiger partial charge in [-0.3, -0.25) is 0 Å². The van der Waals surface area contributed by atoms with Crippen LogP contribution in [0.4, 0.5) is 14.9 Å². The lowest BCUT2D eigenvalue weighted by atomic mass is 10.2. The molecule has 0 fully saturated rings. The highest BCUT2D eigenvalue weighted by Crippen LogP contribution is 2.15. The number of aromatic carboxylic acids is 1. The quantitative estimate of drug-likeness (QED) is 0.662. The van der Waals surface area contributed by atoms with E-state index in [-0.39, 0.29) is 11.5 Å². The van der Waals surface area contributed by atoms with E-state index in [0.29, 0.717) is 0 Å². The molecule has 4 N–H and O–H groups in total. The SMILES string of the molecule is CC(NC(=O)Nc1ccc(C(=O)O)c(F)c1)c1nn[nH]n1. The molecule has 0 aliphatic carbocycles. The number of carboxylic acid groups (broad SMARTS) is 1. The molecule has 0 bridgehead atoms. The van der Waals surface area contributed by atoms with Crippen LogP contribution in [0.25, 0.3) is 0 Å². The fraction of sp³-hybridized carbons (Fsp3) is 0.182.